The Hall–Kier alpha value is -1.97. The molecule has 0 unspecified atom stereocenters. The minimum atomic E-state index is 0.292. The third-order valence-electron chi connectivity index (χ3n) is 2.69. The van der Waals surface area contributed by atoms with Crippen LogP contribution in [0.3, 0.4) is 0 Å². The summed E-state index contributed by atoms with van der Waals surface area (Å²) in [7, 11) is 1.84. The normalized spacial score (nSPS) is 14.6. The first-order valence-corrected chi connectivity index (χ1v) is 5.67. The van der Waals surface area contributed by atoms with Crippen LogP contribution in [0.2, 0.25) is 0 Å². The molecule has 1 saturated heterocycles. The molecule has 17 heavy (non-hydrogen) atoms. The number of hydrogen-bond acceptors (Lipinski definition) is 3. The number of carbonyl (C=O) groups excluding carboxylic acids is 1. The summed E-state index contributed by atoms with van der Waals surface area (Å²) in [6.45, 7) is 0.957. The Kier molecular flexibility index (Phi) is 3.65. The first kappa shape index (κ1) is 11.5. The molecule has 0 radical (unpaired) electrons. The fraction of sp³-hybridized carbons (Fsp3) is 0.308. The van der Waals surface area contributed by atoms with Crippen molar-refractivity contribution in [3.63, 3.8) is 0 Å². The van der Waals surface area contributed by atoms with Crippen molar-refractivity contribution in [2.24, 2.45) is 0 Å². The summed E-state index contributed by atoms with van der Waals surface area (Å²) in [5.41, 5.74) is 0.810. The van der Waals surface area contributed by atoms with Gasteiger partial charge in [-0.2, -0.15) is 0 Å². The zero-order valence-electron chi connectivity index (χ0n) is 9.84. The summed E-state index contributed by atoms with van der Waals surface area (Å²) < 4.78 is 0. The molecule has 3 heterocycles. The molecule has 2 aromatic rings. The number of fused-ring (bicyclic) bond motifs is 1. The molecule has 0 bridgehead atoms. The predicted octanol–water partition coefficient (Wildman–Crippen LogP) is 1.87. The van der Waals surface area contributed by atoms with Gasteiger partial charge in [-0.25, -0.2) is 9.97 Å². The monoisotopic (exact) mass is 229 g/mol. The molecule has 1 aliphatic heterocycles. The van der Waals surface area contributed by atoms with Crippen molar-refractivity contribution in [1.29, 1.82) is 0 Å². The van der Waals surface area contributed by atoms with Crippen LogP contribution in [0, 0.1) is 0 Å². The first-order chi connectivity index (χ1) is 8.27. The maximum absolute atomic E-state index is 10.5. The van der Waals surface area contributed by atoms with Crippen molar-refractivity contribution in [1.82, 2.24) is 14.9 Å². The van der Waals surface area contributed by atoms with Crippen molar-refractivity contribution in [3.05, 3.63) is 36.7 Å². The maximum atomic E-state index is 10.5. The van der Waals surface area contributed by atoms with Crippen LogP contribution in [0.5, 0.6) is 0 Å². The average Bonchev–Trinajstić information content (AvgIpc) is 2.75. The van der Waals surface area contributed by atoms with E-state index < -0.39 is 0 Å². The molecule has 88 valence electrons. The molecule has 0 N–H and O–H groups in total. The molecule has 3 rings (SSSR count). The van der Waals surface area contributed by atoms with E-state index in [2.05, 4.69) is 9.97 Å². The highest BCUT2D eigenvalue weighted by molar-refractivity contribution is 5.77. The summed E-state index contributed by atoms with van der Waals surface area (Å²) in [5.74, 6) is 0.292. The zero-order valence-corrected chi connectivity index (χ0v) is 9.84. The van der Waals surface area contributed by atoms with E-state index in [9.17, 15) is 4.79 Å². The second kappa shape index (κ2) is 5.39. The number of amides is 1. The lowest BCUT2D eigenvalue weighted by molar-refractivity contribution is -0.126. The van der Waals surface area contributed by atoms with Crippen molar-refractivity contribution >= 4 is 16.9 Å². The minimum Gasteiger partial charge on any atom is -0.346 e. The van der Waals surface area contributed by atoms with Crippen molar-refractivity contribution < 1.29 is 4.79 Å². The topological polar surface area (TPSA) is 46.1 Å². The number of rotatable bonds is 0. The van der Waals surface area contributed by atoms with Crippen LogP contribution in [0.15, 0.2) is 36.7 Å². The number of pyridine rings is 2. The molecule has 0 aliphatic carbocycles. The van der Waals surface area contributed by atoms with E-state index in [1.807, 2.05) is 31.3 Å². The molecule has 1 fully saturated rings. The van der Waals surface area contributed by atoms with Gasteiger partial charge < -0.3 is 4.90 Å². The average molecular weight is 229 g/mol. The predicted molar refractivity (Wildman–Crippen MR) is 66.4 cm³/mol. The van der Waals surface area contributed by atoms with Gasteiger partial charge in [0.25, 0.3) is 0 Å². The van der Waals surface area contributed by atoms with Crippen molar-refractivity contribution in [2.75, 3.05) is 13.6 Å². The number of hydrogen-bond donors (Lipinski definition) is 0. The van der Waals surface area contributed by atoms with Gasteiger partial charge in [-0.3, -0.25) is 4.79 Å². The highest BCUT2D eigenvalue weighted by atomic mass is 16.2. The fourth-order valence-corrected chi connectivity index (χ4v) is 1.69. The highest BCUT2D eigenvalue weighted by Crippen LogP contribution is 2.05. The number of likely N-dealkylation sites (tertiary alicyclic amines) is 1. The zero-order chi connectivity index (χ0) is 12.1. The first-order valence-electron chi connectivity index (χ1n) is 5.67. The molecule has 4 nitrogen and oxygen atoms in total. The lowest BCUT2D eigenvalue weighted by Gasteiger charge is -2.03. The molecule has 0 atom stereocenters. The summed E-state index contributed by atoms with van der Waals surface area (Å²) in [6.07, 6.45) is 5.30. The molecule has 4 heteroatoms. The SMILES string of the molecule is CN1CCCC1=O.c1cnc2ncccc2c1. The van der Waals surface area contributed by atoms with Gasteiger partial charge in [0.05, 0.1) is 0 Å². The molecule has 1 aliphatic rings. The Morgan fingerprint density at radius 1 is 1.18 bits per heavy atom. The molecule has 0 saturated carbocycles. The maximum Gasteiger partial charge on any atom is 0.222 e. The smallest absolute Gasteiger partial charge is 0.222 e. The summed E-state index contributed by atoms with van der Waals surface area (Å²) in [6, 6.07) is 7.80. The Balaban J connectivity index is 0.000000136. The lowest BCUT2D eigenvalue weighted by Crippen LogP contribution is -2.17. The Labute approximate surface area is 100 Å². The van der Waals surface area contributed by atoms with E-state index in [-0.39, 0.29) is 0 Å². The van der Waals surface area contributed by atoms with Crippen LogP contribution in [0.25, 0.3) is 11.0 Å². The van der Waals surface area contributed by atoms with Crippen LogP contribution in [0.4, 0.5) is 0 Å². The van der Waals surface area contributed by atoms with Gasteiger partial charge in [-0.05, 0) is 30.7 Å². The summed E-state index contributed by atoms with van der Waals surface area (Å²) >= 11 is 0. The third-order valence-corrected chi connectivity index (χ3v) is 2.69. The van der Waals surface area contributed by atoms with Gasteiger partial charge in [-0.1, -0.05) is 0 Å². The molecule has 1 amide bonds. The highest BCUT2D eigenvalue weighted by Gasteiger charge is 2.14. The third kappa shape index (κ3) is 3.00. The van der Waals surface area contributed by atoms with Crippen LogP contribution in [0.1, 0.15) is 12.8 Å². The lowest BCUT2D eigenvalue weighted by atomic mass is 10.3. The molecule has 0 aromatic carbocycles. The van der Waals surface area contributed by atoms with Crippen LogP contribution in [-0.4, -0.2) is 34.4 Å². The Morgan fingerprint density at radius 3 is 2.18 bits per heavy atom. The van der Waals surface area contributed by atoms with Gasteiger partial charge in [-0.15, -0.1) is 0 Å². The van der Waals surface area contributed by atoms with E-state index in [1.54, 1.807) is 17.3 Å². The van der Waals surface area contributed by atoms with Gasteiger partial charge in [0.2, 0.25) is 5.91 Å². The van der Waals surface area contributed by atoms with E-state index in [0.29, 0.717) is 5.91 Å². The van der Waals surface area contributed by atoms with Crippen LogP contribution in [-0.2, 0) is 4.79 Å². The number of nitrogens with zero attached hydrogens (tertiary/aromatic N) is 3. The molecule has 0 spiro atoms. The van der Waals surface area contributed by atoms with E-state index in [4.69, 9.17) is 0 Å². The van der Waals surface area contributed by atoms with Gasteiger partial charge in [0.1, 0.15) is 0 Å². The largest absolute Gasteiger partial charge is 0.346 e. The Bertz CT molecular complexity index is 447. The van der Waals surface area contributed by atoms with Crippen molar-refractivity contribution in [2.45, 2.75) is 12.8 Å². The standard InChI is InChI=1S/C8H6N2.C5H9NO/c1-3-7-4-2-6-10-8(7)9-5-1;1-6-4-2-3-5(6)7/h1-6H;2-4H2,1H3. The molecule has 2 aromatic heterocycles. The number of aromatic nitrogens is 2. The fourth-order valence-electron chi connectivity index (χ4n) is 1.69. The van der Waals surface area contributed by atoms with Gasteiger partial charge in [0, 0.05) is 37.8 Å². The van der Waals surface area contributed by atoms with E-state index in [0.717, 1.165) is 30.4 Å². The summed E-state index contributed by atoms with van der Waals surface area (Å²) in [5, 5.41) is 1.09. The Morgan fingerprint density at radius 2 is 1.82 bits per heavy atom. The van der Waals surface area contributed by atoms with Gasteiger partial charge >= 0.3 is 0 Å². The van der Waals surface area contributed by atoms with Crippen molar-refractivity contribution in [3.8, 4) is 0 Å². The second-order valence-corrected chi connectivity index (χ2v) is 3.97. The van der Waals surface area contributed by atoms with Crippen LogP contribution >= 0.6 is 0 Å². The molecular weight excluding hydrogens is 214 g/mol. The summed E-state index contributed by atoms with van der Waals surface area (Å²) in [4.78, 5) is 20.4. The number of carbonyl (C=O) groups is 1. The second-order valence-electron chi connectivity index (χ2n) is 3.97. The van der Waals surface area contributed by atoms with Gasteiger partial charge in [0.15, 0.2) is 5.65 Å². The van der Waals surface area contributed by atoms with Crippen LogP contribution < -0.4 is 0 Å². The minimum absolute atomic E-state index is 0.292. The van der Waals surface area contributed by atoms with E-state index in [1.165, 1.54) is 0 Å². The molecular formula is C13H15N3O. The van der Waals surface area contributed by atoms with E-state index >= 15 is 0 Å². The quantitative estimate of drug-likeness (QED) is 0.692.